The van der Waals surface area contributed by atoms with E-state index in [2.05, 4.69) is 0 Å². The molecule has 0 bridgehead atoms. The van der Waals surface area contributed by atoms with Crippen molar-refractivity contribution in [3.05, 3.63) is 29.3 Å². The Morgan fingerprint density at radius 2 is 1.83 bits per heavy atom. The minimum Gasteiger partial charge on any atom is -0.493 e. The van der Waals surface area contributed by atoms with Crippen molar-refractivity contribution >= 4 is 5.57 Å². The summed E-state index contributed by atoms with van der Waals surface area (Å²) in [6.07, 6.45) is 1.48. The largest absolute Gasteiger partial charge is 0.493 e. The summed E-state index contributed by atoms with van der Waals surface area (Å²) >= 11 is 0. The standard InChI is InChI=1S/C14H17NO3/c1-10-7-13(17-3)14(18-4)8-12(10)11(5-6-15)9-16-2/h5,7-8H,9H2,1-4H3. The van der Waals surface area contributed by atoms with E-state index < -0.39 is 0 Å². The molecule has 0 aliphatic carbocycles. The first-order valence-corrected chi connectivity index (χ1v) is 5.48. The van der Waals surface area contributed by atoms with Crippen molar-refractivity contribution in [2.45, 2.75) is 6.92 Å². The molecule has 0 aromatic heterocycles. The van der Waals surface area contributed by atoms with Gasteiger partial charge in [-0.15, -0.1) is 0 Å². The predicted molar refractivity (Wildman–Crippen MR) is 69.7 cm³/mol. The number of methoxy groups -OCH3 is 3. The molecule has 0 spiro atoms. The summed E-state index contributed by atoms with van der Waals surface area (Å²) in [7, 11) is 4.78. The second-order valence-corrected chi connectivity index (χ2v) is 3.75. The van der Waals surface area contributed by atoms with Crippen LogP contribution in [0.25, 0.3) is 5.57 Å². The lowest BCUT2D eigenvalue weighted by molar-refractivity contribution is 0.239. The van der Waals surface area contributed by atoms with Crippen LogP contribution < -0.4 is 9.47 Å². The van der Waals surface area contributed by atoms with Crippen molar-refractivity contribution in [2.75, 3.05) is 27.9 Å². The Kier molecular flexibility index (Phi) is 5.22. The van der Waals surface area contributed by atoms with Crippen LogP contribution in [0.3, 0.4) is 0 Å². The first-order valence-electron chi connectivity index (χ1n) is 5.48. The Morgan fingerprint density at radius 1 is 1.22 bits per heavy atom. The van der Waals surface area contributed by atoms with Gasteiger partial charge in [-0.2, -0.15) is 5.26 Å². The molecule has 0 atom stereocenters. The van der Waals surface area contributed by atoms with Gasteiger partial charge in [-0.25, -0.2) is 0 Å². The van der Waals surface area contributed by atoms with E-state index in [0.29, 0.717) is 18.1 Å². The van der Waals surface area contributed by atoms with Gasteiger partial charge in [0.15, 0.2) is 11.5 Å². The molecule has 0 fully saturated rings. The summed E-state index contributed by atoms with van der Waals surface area (Å²) in [6.45, 7) is 2.34. The number of nitriles is 1. The van der Waals surface area contributed by atoms with Gasteiger partial charge in [0.05, 0.1) is 26.9 Å². The second kappa shape index (κ2) is 6.67. The zero-order chi connectivity index (χ0) is 13.5. The molecular formula is C14H17NO3. The summed E-state index contributed by atoms with van der Waals surface area (Å²) < 4.78 is 15.6. The molecule has 1 rings (SSSR count). The average Bonchev–Trinajstić information content (AvgIpc) is 2.38. The number of benzene rings is 1. The first-order chi connectivity index (χ1) is 8.67. The zero-order valence-electron chi connectivity index (χ0n) is 11.1. The molecule has 0 unspecified atom stereocenters. The van der Waals surface area contributed by atoms with E-state index in [-0.39, 0.29) is 0 Å². The lowest BCUT2D eigenvalue weighted by atomic mass is 10.00. The highest BCUT2D eigenvalue weighted by Crippen LogP contribution is 2.33. The van der Waals surface area contributed by atoms with Crippen molar-refractivity contribution in [1.82, 2.24) is 0 Å². The normalized spacial score (nSPS) is 10.9. The molecule has 4 nitrogen and oxygen atoms in total. The van der Waals surface area contributed by atoms with E-state index in [1.165, 1.54) is 6.08 Å². The number of hydrogen-bond donors (Lipinski definition) is 0. The number of aryl methyl sites for hydroxylation is 1. The summed E-state index contributed by atoms with van der Waals surface area (Å²) in [5, 5.41) is 8.80. The molecule has 0 saturated heterocycles. The minimum atomic E-state index is 0.379. The van der Waals surface area contributed by atoms with Crippen LogP contribution in [0, 0.1) is 18.3 Å². The summed E-state index contributed by atoms with van der Waals surface area (Å²) in [6, 6.07) is 5.77. The molecule has 0 amide bonds. The molecule has 4 heteroatoms. The summed E-state index contributed by atoms with van der Waals surface area (Å²) in [5.41, 5.74) is 2.75. The highest BCUT2D eigenvalue weighted by Gasteiger charge is 2.11. The smallest absolute Gasteiger partial charge is 0.161 e. The highest BCUT2D eigenvalue weighted by atomic mass is 16.5. The SMILES string of the molecule is COCC(=CC#N)c1cc(OC)c(OC)cc1C. The minimum absolute atomic E-state index is 0.379. The van der Waals surface area contributed by atoms with Gasteiger partial charge in [0, 0.05) is 13.2 Å². The number of ether oxygens (including phenoxy) is 3. The zero-order valence-corrected chi connectivity index (χ0v) is 11.1. The molecule has 1 aromatic carbocycles. The fourth-order valence-corrected chi connectivity index (χ4v) is 1.76. The summed E-state index contributed by atoms with van der Waals surface area (Å²) in [5.74, 6) is 1.31. The van der Waals surface area contributed by atoms with Crippen molar-refractivity contribution < 1.29 is 14.2 Å². The Balaban J connectivity index is 3.31. The van der Waals surface area contributed by atoms with Crippen LogP contribution in [-0.2, 0) is 4.74 Å². The first kappa shape index (κ1) is 14.1. The Morgan fingerprint density at radius 3 is 2.33 bits per heavy atom. The van der Waals surface area contributed by atoms with Crippen LogP contribution in [0.1, 0.15) is 11.1 Å². The van der Waals surface area contributed by atoms with E-state index in [9.17, 15) is 0 Å². The molecule has 0 radical (unpaired) electrons. The van der Waals surface area contributed by atoms with Gasteiger partial charge in [0.2, 0.25) is 0 Å². The van der Waals surface area contributed by atoms with E-state index in [0.717, 1.165) is 16.7 Å². The average molecular weight is 247 g/mol. The molecule has 0 saturated carbocycles. The van der Waals surface area contributed by atoms with Crippen LogP contribution in [0.2, 0.25) is 0 Å². The molecule has 96 valence electrons. The van der Waals surface area contributed by atoms with Gasteiger partial charge in [-0.1, -0.05) is 0 Å². The molecule has 1 aromatic rings. The van der Waals surface area contributed by atoms with Gasteiger partial charge in [-0.05, 0) is 35.8 Å². The van der Waals surface area contributed by atoms with Crippen LogP contribution in [0.15, 0.2) is 18.2 Å². The topological polar surface area (TPSA) is 51.5 Å². The van der Waals surface area contributed by atoms with Crippen molar-refractivity contribution in [1.29, 1.82) is 5.26 Å². The molecule has 0 N–H and O–H groups in total. The third-order valence-electron chi connectivity index (χ3n) is 2.62. The van der Waals surface area contributed by atoms with Crippen molar-refractivity contribution in [3.63, 3.8) is 0 Å². The molecule has 0 aliphatic rings. The second-order valence-electron chi connectivity index (χ2n) is 3.75. The van der Waals surface area contributed by atoms with Crippen LogP contribution in [-0.4, -0.2) is 27.9 Å². The fourth-order valence-electron chi connectivity index (χ4n) is 1.76. The van der Waals surface area contributed by atoms with E-state index in [1.807, 2.05) is 25.1 Å². The van der Waals surface area contributed by atoms with Crippen LogP contribution >= 0.6 is 0 Å². The number of hydrogen-bond acceptors (Lipinski definition) is 4. The molecule has 0 aliphatic heterocycles. The summed E-state index contributed by atoms with van der Waals surface area (Å²) in [4.78, 5) is 0. The quantitative estimate of drug-likeness (QED) is 0.750. The molecule has 0 heterocycles. The van der Waals surface area contributed by atoms with Crippen molar-refractivity contribution in [3.8, 4) is 17.6 Å². The number of allylic oxidation sites excluding steroid dienone is 1. The van der Waals surface area contributed by atoms with Gasteiger partial charge in [0.1, 0.15) is 0 Å². The van der Waals surface area contributed by atoms with Crippen LogP contribution in [0.5, 0.6) is 11.5 Å². The van der Waals surface area contributed by atoms with Gasteiger partial charge >= 0.3 is 0 Å². The number of rotatable bonds is 5. The Bertz CT molecular complexity index is 487. The maximum atomic E-state index is 8.80. The van der Waals surface area contributed by atoms with Gasteiger partial charge < -0.3 is 14.2 Å². The Hall–Kier alpha value is -1.99. The lowest BCUT2D eigenvalue weighted by Crippen LogP contribution is -1.99. The third kappa shape index (κ3) is 3.02. The van der Waals surface area contributed by atoms with Gasteiger partial charge in [-0.3, -0.25) is 0 Å². The number of nitrogens with zero attached hydrogens (tertiary/aromatic N) is 1. The van der Waals surface area contributed by atoms with E-state index in [4.69, 9.17) is 19.5 Å². The fraction of sp³-hybridized carbons (Fsp3) is 0.357. The maximum absolute atomic E-state index is 8.80. The highest BCUT2D eigenvalue weighted by molar-refractivity contribution is 5.73. The monoisotopic (exact) mass is 247 g/mol. The maximum Gasteiger partial charge on any atom is 0.161 e. The predicted octanol–water partition coefficient (Wildman–Crippen LogP) is 2.57. The van der Waals surface area contributed by atoms with E-state index in [1.54, 1.807) is 21.3 Å². The van der Waals surface area contributed by atoms with E-state index >= 15 is 0 Å². The lowest BCUT2D eigenvalue weighted by Gasteiger charge is -2.14. The van der Waals surface area contributed by atoms with Crippen LogP contribution in [0.4, 0.5) is 0 Å². The molecule has 18 heavy (non-hydrogen) atoms. The molecular weight excluding hydrogens is 230 g/mol. The third-order valence-corrected chi connectivity index (χ3v) is 2.62. The van der Waals surface area contributed by atoms with Gasteiger partial charge in [0.25, 0.3) is 0 Å². The Labute approximate surface area is 107 Å². The van der Waals surface area contributed by atoms with Crippen molar-refractivity contribution in [2.24, 2.45) is 0 Å².